The van der Waals surface area contributed by atoms with Crippen LogP contribution in [0.1, 0.15) is 45.1 Å². The van der Waals surface area contributed by atoms with Crippen LogP contribution in [0.3, 0.4) is 0 Å². The maximum absolute atomic E-state index is 11.1. The molecule has 0 spiro atoms. The van der Waals surface area contributed by atoms with Crippen LogP contribution >= 0.6 is 0 Å². The molecule has 0 bridgehead atoms. The number of nitrogens with zero attached hydrogens (tertiary/aromatic N) is 2. The fourth-order valence-electron chi connectivity index (χ4n) is 2.64. The van der Waals surface area contributed by atoms with Crippen molar-refractivity contribution in [2.75, 3.05) is 32.0 Å². The molecule has 26 heavy (non-hydrogen) atoms. The zero-order chi connectivity index (χ0) is 19.2. The lowest BCUT2D eigenvalue weighted by molar-refractivity contribution is -0.114. The van der Waals surface area contributed by atoms with Crippen molar-refractivity contribution in [1.82, 2.24) is 10.2 Å². The van der Waals surface area contributed by atoms with Gasteiger partial charge in [-0.2, -0.15) is 0 Å². The molecule has 0 atom stereocenters. The largest absolute Gasteiger partial charge is 0.357 e. The molecule has 0 unspecified atom stereocenters. The van der Waals surface area contributed by atoms with Crippen LogP contribution in [-0.4, -0.2) is 43.4 Å². The van der Waals surface area contributed by atoms with Gasteiger partial charge in [0.25, 0.3) is 0 Å². The van der Waals surface area contributed by atoms with Gasteiger partial charge in [-0.3, -0.25) is 9.79 Å². The van der Waals surface area contributed by atoms with Gasteiger partial charge < -0.3 is 15.5 Å². The Hall–Kier alpha value is -2.30. The summed E-state index contributed by atoms with van der Waals surface area (Å²) in [5.41, 5.74) is 2.04. The molecule has 1 aromatic carbocycles. The molecule has 0 saturated heterocycles. The van der Waals surface area contributed by atoms with Crippen molar-refractivity contribution >= 4 is 17.6 Å². The maximum Gasteiger partial charge on any atom is 0.221 e. The Kier molecular flexibility index (Phi) is 10.9. The van der Waals surface area contributed by atoms with Gasteiger partial charge in [0.05, 0.1) is 0 Å². The molecular weight excluding hydrogens is 324 g/mol. The molecule has 0 aromatic heterocycles. The number of carbonyl (C=O) groups excluding carboxylic acids is 1. The van der Waals surface area contributed by atoms with Crippen molar-refractivity contribution in [1.29, 1.82) is 0 Å². The molecule has 1 rings (SSSR count). The molecule has 0 aliphatic rings. The van der Waals surface area contributed by atoms with Crippen LogP contribution in [-0.2, 0) is 11.2 Å². The van der Waals surface area contributed by atoms with E-state index < -0.39 is 0 Å². The summed E-state index contributed by atoms with van der Waals surface area (Å²) in [7, 11) is 2.09. The van der Waals surface area contributed by atoms with Crippen molar-refractivity contribution in [3.05, 3.63) is 42.5 Å². The number of rotatable bonds is 11. The number of allylic oxidation sites excluding steroid dienone is 1. The third kappa shape index (κ3) is 9.25. The molecule has 0 aliphatic carbocycles. The fraction of sp³-hybridized carbons (Fsp3) is 0.524. The number of hydrogen-bond donors (Lipinski definition) is 2. The highest BCUT2D eigenvalue weighted by Gasteiger charge is 2.05. The number of guanidine groups is 1. The summed E-state index contributed by atoms with van der Waals surface area (Å²) in [6, 6.07) is 7.94. The number of nitrogens with one attached hydrogen (secondary N) is 2. The molecule has 0 saturated carbocycles. The zero-order valence-corrected chi connectivity index (χ0v) is 16.6. The minimum atomic E-state index is -0.0508. The first-order valence-electron chi connectivity index (χ1n) is 9.53. The Morgan fingerprint density at radius 2 is 1.96 bits per heavy atom. The van der Waals surface area contributed by atoms with E-state index in [9.17, 15) is 4.79 Å². The van der Waals surface area contributed by atoms with Crippen LogP contribution in [0.4, 0.5) is 5.69 Å². The Balaban J connectivity index is 2.46. The highest BCUT2D eigenvalue weighted by molar-refractivity contribution is 5.88. The summed E-state index contributed by atoms with van der Waals surface area (Å²) in [6.07, 6.45) is 7.55. The van der Waals surface area contributed by atoms with Crippen LogP contribution in [0.2, 0.25) is 0 Å². The molecule has 144 valence electrons. The number of hydrogen-bond acceptors (Lipinski definition) is 2. The highest BCUT2D eigenvalue weighted by atomic mass is 16.1. The Morgan fingerprint density at radius 1 is 1.23 bits per heavy atom. The first kappa shape index (κ1) is 21.7. The molecule has 0 radical (unpaired) electrons. The topological polar surface area (TPSA) is 56.7 Å². The normalized spacial score (nSPS) is 11.1. The lowest BCUT2D eigenvalue weighted by Crippen LogP contribution is -2.39. The van der Waals surface area contributed by atoms with Crippen LogP contribution in [0.25, 0.3) is 0 Å². The average molecular weight is 359 g/mol. The summed E-state index contributed by atoms with van der Waals surface area (Å²) in [4.78, 5) is 18.0. The smallest absolute Gasteiger partial charge is 0.221 e. The molecule has 0 fully saturated rings. The predicted molar refractivity (Wildman–Crippen MR) is 112 cm³/mol. The van der Waals surface area contributed by atoms with E-state index in [0.29, 0.717) is 0 Å². The van der Waals surface area contributed by atoms with E-state index in [1.54, 1.807) is 0 Å². The van der Waals surface area contributed by atoms with Gasteiger partial charge in [-0.25, -0.2) is 0 Å². The predicted octanol–water partition coefficient (Wildman–Crippen LogP) is 3.83. The molecule has 1 aromatic rings. The van der Waals surface area contributed by atoms with Gasteiger partial charge in [0, 0.05) is 39.3 Å². The number of aliphatic imine (C=N–C) groups is 1. The van der Waals surface area contributed by atoms with E-state index in [-0.39, 0.29) is 5.91 Å². The van der Waals surface area contributed by atoms with Gasteiger partial charge in [0.1, 0.15) is 0 Å². The van der Waals surface area contributed by atoms with Gasteiger partial charge in [0.2, 0.25) is 5.91 Å². The average Bonchev–Trinajstić information content (AvgIpc) is 2.61. The van der Waals surface area contributed by atoms with E-state index >= 15 is 0 Å². The van der Waals surface area contributed by atoms with Crippen molar-refractivity contribution in [2.45, 2.75) is 46.0 Å². The number of amides is 1. The van der Waals surface area contributed by atoms with Gasteiger partial charge >= 0.3 is 0 Å². The fourth-order valence-corrected chi connectivity index (χ4v) is 2.64. The van der Waals surface area contributed by atoms with Crippen molar-refractivity contribution < 1.29 is 4.79 Å². The number of unbranched alkanes of at least 4 members (excludes halogenated alkanes) is 3. The molecule has 5 heteroatoms. The van der Waals surface area contributed by atoms with E-state index in [2.05, 4.69) is 36.1 Å². The molecule has 1 amide bonds. The molecule has 5 nitrogen and oxygen atoms in total. The third-order valence-corrected chi connectivity index (χ3v) is 4.03. The monoisotopic (exact) mass is 358 g/mol. The van der Waals surface area contributed by atoms with Crippen LogP contribution in [0.5, 0.6) is 0 Å². The molecular formula is C21H34N4O. The summed E-state index contributed by atoms with van der Waals surface area (Å²) >= 11 is 0. The second kappa shape index (κ2) is 13.0. The lowest BCUT2D eigenvalue weighted by atomic mass is 10.1. The second-order valence-corrected chi connectivity index (χ2v) is 6.42. The molecule has 0 aliphatic heterocycles. The van der Waals surface area contributed by atoms with E-state index in [4.69, 9.17) is 4.99 Å². The number of anilines is 1. The SMILES string of the molecule is C=CCCCCCN(C)C(=NCCc1ccc(NC(C)=O)cc1)NCC. The minimum absolute atomic E-state index is 0.0508. The lowest BCUT2D eigenvalue weighted by Gasteiger charge is -2.22. The minimum Gasteiger partial charge on any atom is -0.357 e. The van der Waals surface area contributed by atoms with Gasteiger partial charge in [-0.05, 0) is 50.3 Å². The second-order valence-electron chi connectivity index (χ2n) is 6.42. The Bertz CT molecular complexity index is 566. The van der Waals surface area contributed by atoms with E-state index in [0.717, 1.165) is 44.1 Å². The summed E-state index contributed by atoms with van der Waals surface area (Å²) in [5, 5.41) is 6.15. The first-order chi connectivity index (χ1) is 12.6. The van der Waals surface area contributed by atoms with Crippen LogP contribution in [0.15, 0.2) is 41.9 Å². The quantitative estimate of drug-likeness (QED) is 0.274. The van der Waals surface area contributed by atoms with Gasteiger partial charge in [-0.15, -0.1) is 6.58 Å². The molecule has 2 N–H and O–H groups in total. The van der Waals surface area contributed by atoms with E-state index in [1.165, 1.54) is 31.7 Å². The third-order valence-electron chi connectivity index (χ3n) is 4.03. The summed E-state index contributed by atoms with van der Waals surface area (Å²) < 4.78 is 0. The van der Waals surface area contributed by atoms with Gasteiger partial charge in [0.15, 0.2) is 5.96 Å². The van der Waals surface area contributed by atoms with Crippen LogP contribution in [0, 0.1) is 0 Å². The zero-order valence-electron chi connectivity index (χ0n) is 16.6. The number of carbonyl (C=O) groups is 1. The van der Waals surface area contributed by atoms with E-state index in [1.807, 2.05) is 30.3 Å². The molecule has 0 heterocycles. The number of benzene rings is 1. The first-order valence-corrected chi connectivity index (χ1v) is 9.53. The summed E-state index contributed by atoms with van der Waals surface area (Å²) in [6.45, 7) is 9.98. The Labute approximate surface area is 158 Å². The van der Waals surface area contributed by atoms with Crippen molar-refractivity contribution in [3.8, 4) is 0 Å². The maximum atomic E-state index is 11.1. The van der Waals surface area contributed by atoms with Crippen molar-refractivity contribution in [2.24, 2.45) is 4.99 Å². The standard InChI is InChI=1S/C21H34N4O/c1-5-7-8-9-10-17-25(4)21(22-6-2)23-16-15-19-11-13-20(14-12-19)24-18(3)26/h5,11-14H,1,6-10,15-17H2,2-4H3,(H,22,23)(H,24,26). The summed E-state index contributed by atoms with van der Waals surface area (Å²) in [5.74, 6) is 0.913. The van der Waals surface area contributed by atoms with Crippen LogP contribution < -0.4 is 10.6 Å². The van der Waals surface area contributed by atoms with Crippen molar-refractivity contribution in [3.63, 3.8) is 0 Å². The Morgan fingerprint density at radius 3 is 2.58 bits per heavy atom. The van der Waals surface area contributed by atoms with Gasteiger partial charge in [-0.1, -0.05) is 24.6 Å². The highest BCUT2D eigenvalue weighted by Crippen LogP contribution is 2.10.